The molecule has 0 spiro atoms. The summed E-state index contributed by atoms with van der Waals surface area (Å²) >= 11 is 0. The maximum Gasteiger partial charge on any atom is 0.309 e. The first kappa shape index (κ1) is 11.8. The first-order valence-electron chi connectivity index (χ1n) is 5.24. The Morgan fingerprint density at radius 2 is 2.33 bits per heavy atom. The highest BCUT2D eigenvalue weighted by Crippen LogP contribution is 2.16. The van der Waals surface area contributed by atoms with Gasteiger partial charge in [0, 0.05) is 0 Å². The molecular weight excluding hydrogens is 232 g/mol. The molecule has 0 atom stereocenters. The van der Waals surface area contributed by atoms with Gasteiger partial charge in [-0.2, -0.15) is 5.26 Å². The van der Waals surface area contributed by atoms with Gasteiger partial charge in [0.25, 0.3) is 0 Å². The van der Waals surface area contributed by atoms with Crippen LogP contribution < -0.4 is 0 Å². The van der Waals surface area contributed by atoms with Crippen LogP contribution in [0.3, 0.4) is 0 Å². The van der Waals surface area contributed by atoms with Crippen molar-refractivity contribution >= 4 is 5.97 Å². The average molecular weight is 242 g/mol. The summed E-state index contributed by atoms with van der Waals surface area (Å²) in [6.45, 7) is 1.86. The summed E-state index contributed by atoms with van der Waals surface area (Å²) < 4.78 is 1.45. The van der Waals surface area contributed by atoms with Gasteiger partial charge in [-0.25, -0.2) is 4.68 Å². The minimum absolute atomic E-state index is 0.163. The lowest BCUT2D eigenvalue weighted by molar-refractivity contribution is -0.136. The van der Waals surface area contributed by atoms with Crippen molar-refractivity contribution in [2.75, 3.05) is 0 Å². The van der Waals surface area contributed by atoms with Crippen LogP contribution in [0.1, 0.15) is 16.8 Å². The van der Waals surface area contributed by atoms with Crippen molar-refractivity contribution in [3.8, 4) is 11.8 Å². The van der Waals surface area contributed by atoms with Crippen LogP contribution in [-0.2, 0) is 11.2 Å². The maximum atomic E-state index is 10.7. The van der Waals surface area contributed by atoms with Crippen molar-refractivity contribution in [2.45, 2.75) is 13.3 Å². The number of aliphatic carboxylic acids is 1. The zero-order valence-electron chi connectivity index (χ0n) is 9.66. The van der Waals surface area contributed by atoms with Crippen LogP contribution in [0.2, 0.25) is 0 Å². The van der Waals surface area contributed by atoms with Crippen molar-refractivity contribution in [3.05, 3.63) is 41.2 Å². The SMILES string of the molecule is Cc1ccc(C#N)cc1-n1nncc1CC(=O)O. The summed E-state index contributed by atoms with van der Waals surface area (Å²) in [4.78, 5) is 10.7. The van der Waals surface area contributed by atoms with Crippen LogP contribution in [0.15, 0.2) is 24.4 Å². The monoisotopic (exact) mass is 242 g/mol. The van der Waals surface area contributed by atoms with E-state index in [-0.39, 0.29) is 6.42 Å². The summed E-state index contributed by atoms with van der Waals surface area (Å²) in [5.41, 5.74) is 2.53. The van der Waals surface area contributed by atoms with E-state index in [1.165, 1.54) is 10.9 Å². The van der Waals surface area contributed by atoms with Crippen LogP contribution in [0.25, 0.3) is 5.69 Å². The Hall–Kier alpha value is -2.68. The van der Waals surface area contributed by atoms with Crippen LogP contribution >= 0.6 is 0 Å². The molecule has 90 valence electrons. The second-order valence-corrected chi connectivity index (χ2v) is 3.82. The number of benzene rings is 1. The van der Waals surface area contributed by atoms with Crippen molar-refractivity contribution < 1.29 is 9.90 Å². The molecule has 2 rings (SSSR count). The quantitative estimate of drug-likeness (QED) is 0.869. The zero-order chi connectivity index (χ0) is 13.1. The van der Waals surface area contributed by atoms with E-state index in [0.29, 0.717) is 16.9 Å². The van der Waals surface area contributed by atoms with Crippen molar-refractivity contribution in [1.29, 1.82) is 5.26 Å². The Bertz CT molecular complexity index is 640. The molecule has 6 nitrogen and oxygen atoms in total. The molecule has 1 aromatic carbocycles. The number of nitrogens with zero attached hydrogens (tertiary/aromatic N) is 4. The second-order valence-electron chi connectivity index (χ2n) is 3.82. The van der Waals surface area contributed by atoms with E-state index in [1.54, 1.807) is 18.2 Å². The van der Waals surface area contributed by atoms with Gasteiger partial charge in [-0.05, 0) is 24.6 Å². The molecule has 0 aliphatic carbocycles. The third kappa shape index (κ3) is 2.20. The Labute approximate surface area is 103 Å². The topological polar surface area (TPSA) is 91.8 Å². The third-order valence-corrected chi connectivity index (χ3v) is 2.52. The normalized spacial score (nSPS) is 10.0. The first-order chi connectivity index (χ1) is 8.61. The van der Waals surface area contributed by atoms with E-state index in [2.05, 4.69) is 10.3 Å². The summed E-state index contributed by atoms with van der Waals surface area (Å²) in [5, 5.41) is 25.3. The van der Waals surface area contributed by atoms with Crippen LogP contribution in [0.5, 0.6) is 0 Å². The molecule has 0 aliphatic rings. The first-order valence-corrected chi connectivity index (χ1v) is 5.24. The lowest BCUT2D eigenvalue weighted by atomic mass is 10.1. The second kappa shape index (κ2) is 4.67. The van der Waals surface area contributed by atoms with Gasteiger partial charge in [-0.3, -0.25) is 4.79 Å². The van der Waals surface area contributed by atoms with Gasteiger partial charge in [0.05, 0.1) is 35.6 Å². The summed E-state index contributed by atoms with van der Waals surface area (Å²) in [7, 11) is 0. The number of carboxylic acid groups (broad SMARTS) is 1. The fourth-order valence-corrected chi connectivity index (χ4v) is 1.64. The number of hydrogen-bond acceptors (Lipinski definition) is 4. The van der Waals surface area contributed by atoms with Gasteiger partial charge in [-0.15, -0.1) is 5.10 Å². The summed E-state index contributed by atoms with van der Waals surface area (Å²) in [5.74, 6) is -0.951. The molecule has 2 aromatic rings. The summed E-state index contributed by atoms with van der Waals surface area (Å²) in [6, 6.07) is 7.19. The van der Waals surface area contributed by atoms with Gasteiger partial charge in [0.15, 0.2) is 0 Å². The molecule has 0 aliphatic heterocycles. The molecule has 0 fully saturated rings. The van der Waals surface area contributed by atoms with Crippen molar-refractivity contribution in [2.24, 2.45) is 0 Å². The molecular formula is C12H10N4O2. The van der Waals surface area contributed by atoms with Crippen LogP contribution in [0.4, 0.5) is 0 Å². The lowest BCUT2D eigenvalue weighted by Gasteiger charge is -2.08. The number of rotatable bonds is 3. The number of aromatic nitrogens is 3. The van der Waals surface area contributed by atoms with Crippen molar-refractivity contribution in [3.63, 3.8) is 0 Å². The highest BCUT2D eigenvalue weighted by Gasteiger charge is 2.12. The van der Waals surface area contributed by atoms with Gasteiger partial charge in [0.1, 0.15) is 0 Å². The number of nitriles is 1. The van der Waals surface area contributed by atoms with E-state index in [1.807, 2.05) is 13.0 Å². The van der Waals surface area contributed by atoms with Gasteiger partial charge in [0.2, 0.25) is 0 Å². The molecule has 1 aromatic heterocycles. The van der Waals surface area contributed by atoms with E-state index >= 15 is 0 Å². The van der Waals surface area contributed by atoms with Gasteiger partial charge in [-0.1, -0.05) is 11.3 Å². The Kier molecular flexibility index (Phi) is 3.06. The van der Waals surface area contributed by atoms with Crippen molar-refractivity contribution in [1.82, 2.24) is 15.0 Å². The number of aryl methyl sites for hydroxylation is 1. The molecule has 0 radical (unpaired) electrons. The van der Waals surface area contributed by atoms with E-state index in [9.17, 15) is 4.79 Å². The number of hydrogen-bond donors (Lipinski definition) is 1. The fraction of sp³-hybridized carbons (Fsp3) is 0.167. The molecule has 0 saturated carbocycles. The molecule has 18 heavy (non-hydrogen) atoms. The molecule has 1 heterocycles. The highest BCUT2D eigenvalue weighted by molar-refractivity contribution is 5.69. The number of carboxylic acids is 1. The van der Waals surface area contributed by atoms with Gasteiger partial charge >= 0.3 is 5.97 Å². The third-order valence-electron chi connectivity index (χ3n) is 2.52. The van der Waals surface area contributed by atoms with Crippen LogP contribution in [0, 0.1) is 18.3 Å². The summed E-state index contributed by atoms with van der Waals surface area (Å²) in [6.07, 6.45) is 1.25. The van der Waals surface area contributed by atoms with E-state index in [0.717, 1.165) is 5.56 Å². The Morgan fingerprint density at radius 1 is 1.56 bits per heavy atom. The minimum Gasteiger partial charge on any atom is -0.481 e. The molecule has 0 bridgehead atoms. The highest BCUT2D eigenvalue weighted by atomic mass is 16.4. The molecule has 0 amide bonds. The zero-order valence-corrected chi connectivity index (χ0v) is 9.66. The Morgan fingerprint density at radius 3 is 3.00 bits per heavy atom. The predicted octanol–water partition coefficient (Wildman–Crippen LogP) is 1.07. The Balaban J connectivity index is 2.52. The standard InChI is InChI=1S/C12H10N4O2/c1-8-2-3-9(6-13)4-11(8)16-10(5-12(17)18)7-14-15-16/h2-4,7H,5H2,1H3,(H,17,18). The largest absolute Gasteiger partial charge is 0.481 e. The van der Waals surface area contributed by atoms with Crippen LogP contribution in [-0.4, -0.2) is 26.1 Å². The average Bonchev–Trinajstić information content (AvgIpc) is 2.77. The molecule has 1 N–H and O–H groups in total. The number of carbonyl (C=O) groups is 1. The predicted molar refractivity (Wildman–Crippen MR) is 62.2 cm³/mol. The van der Waals surface area contributed by atoms with Gasteiger partial charge < -0.3 is 5.11 Å². The molecule has 0 unspecified atom stereocenters. The minimum atomic E-state index is -0.951. The molecule has 0 saturated heterocycles. The van der Waals surface area contributed by atoms with E-state index < -0.39 is 5.97 Å². The molecule has 6 heteroatoms. The fourth-order valence-electron chi connectivity index (χ4n) is 1.64. The van der Waals surface area contributed by atoms with E-state index in [4.69, 9.17) is 10.4 Å². The lowest BCUT2D eigenvalue weighted by Crippen LogP contribution is -2.09. The smallest absolute Gasteiger partial charge is 0.309 e. The maximum absolute atomic E-state index is 10.7.